The minimum absolute atomic E-state index is 0. The summed E-state index contributed by atoms with van der Waals surface area (Å²) in [7, 11) is 1.99. The Bertz CT molecular complexity index is 2740. The van der Waals surface area contributed by atoms with Gasteiger partial charge >= 0.3 is 0 Å². The molecule has 2 heteroatoms. The van der Waals surface area contributed by atoms with E-state index in [1.165, 1.54) is 87.5 Å². The van der Waals surface area contributed by atoms with E-state index in [0.29, 0.717) is 0 Å². The summed E-state index contributed by atoms with van der Waals surface area (Å²) in [5.74, 6) is 1.53. The summed E-state index contributed by atoms with van der Waals surface area (Å²) in [5.41, 5.74) is 13.1. The molecule has 9 rings (SSSR count). The Labute approximate surface area is 485 Å². The average molecular weight is 1060 g/mol. The van der Waals surface area contributed by atoms with Crippen molar-refractivity contribution in [3.8, 4) is 22.3 Å². The van der Waals surface area contributed by atoms with E-state index in [9.17, 15) is 0 Å². The molecule has 0 saturated heterocycles. The third-order valence-electron chi connectivity index (χ3n) is 13.4. The van der Waals surface area contributed by atoms with Gasteiger partial charge < -0.3 is 10.6 Å². The van der Waals surface area contributed by atoms with Crippen LogP contribution >= 0.6 is 0 Å². The first kappa shape index (κ1) is 70.1. The maximum absolute atomic E-state index is 4.46. The molecule has 0 fully saturated rings. The maximum atomic E-state index is 4.46. The second-order valence-electron chi connectivity index (χ2n) is 19.0. The van der Waals surface area contributed by atoms with Crippen LogP contribution in [0, 0.1) is 17.3 Å². The van der Waals surface area contributed by atoms with E-state index in [2.05, 4.69) is 271 Å². The van der Waals surface area contributed by atoms with Crippen LogP contribution in [0.4, 0.5) is 0 Å². The molecule has 0 radical (unpaired) electrons. The van der Waals surface area contributed by atoms with Gasteiger partial charge in [-0.15, -0.1) is 0 Å². The van der Waals surface area contributed by atoms with Crippen molar-refractivity contribution < 1.29 is 0 Å². The van der Waals surface area contributed by atoms with Gasteiger partial charge in [0.15, 0.2) is 0 Å². The molecule has 0 aromatic heterocycles. The lowest BCUT2D eigenvalue weighted by Gasteiger charge is -2.29. The number of hydrogen-bond donors (Lipinski definition) is 2. The van der Waals surface area contributed by atoms with Crippen LogP contribution < -0.4 is 10.6 Å². The number of hydrogen-bond acceptors (Lipinski definition) is 2. The summed E-state index contributed by atoms with van der Waals surface area (Å²) in [6, 6.07) is 30.7. The fourth-order valence-corrected chi connectivity index (χ4v) is 9.37. The molecular formula is C77H106N2. The Kier molecular flexibility index (Phi) is 36.6. The number of nitrogens with one attached hydrogen (secondary N) is 2. The van der Waals surface area contributed by atoms with Crippen molar-refractivity contribution in [3.05, 3.63) is 259 Å². The van der Waals surface area contributed by atoms with Gasteiger partial charge in [-0.05, 0) is 151 Å². The number of fused-ring (bicyclic) bond motifs is 1. The molecule has 2 nitrogen and oxygen atoms in total. The molecule has 3 atom stereocenters. The van der Waals surface area contributed by atoms with Gasteiger partial charge in [-0.25, -0.2) is 0 Å². The first-order chi connectivity index (χ1) is 38.2. The highest BCUT2D eigenvalue weighted by Gasteiger charge is 2.33. The number of allylic oxidation sites excluding steroid dienone is 24. The fourth-order valence-electron chi connectivity index (χ4n) is 9.37. The van der Waals surface area contributed by atoms with Crippen molar-refractivity contribution >= 4 is 16.3 Å². The first-order valence-electron chi connectivity index (χ1n) is 29.8. The zero-order valence-electron chi connectivity index (χ0n) is 51.0. The molecule has 424 valence electrons. The van der Waals surface area contributed by atoms with Gasteiger partial charge in [-0.3, -0.25) is 0 Å². The SMILES string of the molecule is C.C/C=C\CC[C@@H]1C=CC=C(NC)C1.C1=CCCC=C1.C=C1C=CC[C@]1(C)C(=C)NC1=CC(c2c(-c3ccccc3)c(C3=CC=CCC=C3)c(-c3ccccc3)c3ccccc23)C=C1.CC.CC.CC.CC.CC/C=C\C(C)C. The summed E-state index contributed by atoms with van der Waals surface area (Å²) in [5, 5.41) is 9.42. The van der Waals surface area contributed by atoms with E-state index in [1.54, 1.807) is 0 Å². The Balaban J connectivity index is 0.000000728. The Morgan fingerprint density at radius 2 is 1.29 bits per heavy atom. The zero-order valence-corrected chi connectivity index (χ0v) is 51.0. The molecule has 0 bridgehead atoms. The highest BCUT2D eigenvalue weighted by molar-refractivity contribution is 6.11. The smallest absolute Gasteiger partial charge is 0.0347 e. The summed E-state index contributed by atoms with van der Waals surface area (Å²) >= 11 is 0. The third kappa shape index (κ3) is 22.0. The lowest BCUT2D eigenvalue weighted by atomic mass is 9.77. The third-order valence-corrected chi connectivity index (χ3v) is 13.4. The molecule has 0 spiro atoms. The maximum Gasteiger partial charge on any atom is 0.0347 e. The summed E-state index contributed by atoms with van der Waals surface area (Å²) in [6.45, 7) is 35.6. The van der Waals surface area contributed by atoms with Crippen molar-refractivity contribution in [2.45, 2.75) is 155 Å². The molecule has 5 aliphatic rings. The Morgan fingerprint density at radius 3 is 1.82 bits per heavy atom. The monoisotopic (exact) mass is 1060 g/mol. The van der Waals surface area contributed by atoms with E-state index in [4.69, 9.17) is 0 Å². The van der Waals surface area contributed by atoms with Gasteiger partial charge in [-0.1, -0.05) is 291 Å². The van der Waals surface area contributed by atoms with Crippen LogP contribution in [-0.2, 0) is 0 Å². The molecule has 0 amide bonds. The van der Waals surface area contributed by atoms with Gasteiger partial charge in [0.1, 0.15) is 0 Å². The van der Waals surface area contributed by atoms with Crippen molar-refractivity contribution in [1.29, 1.82) is 0 Å². The van der Waals surface area contributed by atoms with E-state index in [1.807, 2.05) is 62.4 Å². The Hall–Kier alpha value is -6.90. The lowest BCUT2D eigenvalue weighted by molar-refractivity contribution is 0.492. The van der Waals surface area contributed by atoms with Crippen molar-refractivity contribution in [1.82, 2.24) is 10.6 Å². The van der Waals surface area contributed by atoms with Gasteiger partial charge in [0.2, 0.25) is 0 Å². The largest absolute Gasteiger partial charge is 0.391 e. The molecule has 0 saturated carbocycles. The van der Waals surface area contributed by atoms with Crippen molar-refractivity contribution in [2.75, 3.05) is 7.05 Å². The number of rotatable bonds is 13. The first-order valence-corrected chi connectivity index (χ1v) is 29.8. The van der Waals surface area contributed by atoms with Crippen LogP contribution in [-0.4, -0.2) is 7.05 Å². The second kappa shape index (κ2) is 41.2. The van der Waals surface area contributed by atoms with Crippen LogP contribution in [0.5, 0.6) is 0 Å². The minimum atomic E-state index is -0.176. The molecule has 79 heavy (non-hydrogen) atoms. The summed E-state index contributed by atoms with van der Waals surface area (Å²) in [6.07, 6.45) is 55.5. The number of benzene rings is 4. The minimum Gasteiger partial charge on any atom is -0.391 e. The predicted molar refractivity (Wildman–Crippen MR) is 361 cm³/mol. The molecule has 4 aromatic rings. The molecule has 0 aliphatic heterocycles. The van der Waals surface area contributed by atoms with Crippen molar-refractivity contribution in [3.63, 3.8) is 0 Å². The van der Waals surface area contributed by atoms with Crippen LogP contribution in [0.15, 0.2) is 248 Å². The van der Waals surface area contributed by atoms with Gasteiger partial charge in [-0.2, -0.15) is 0 Å². The normalized spacial score (nSPS) is 17.8. The van der Waals surface area contributed by atoms with Crippen LogP contribution in [0.25, 0.3) is 38.6 Å². The lowest BCUT2D eigenvalue weighted by Crippen LogP contribution is -2.26. The van der Waals surface area contributed by atoms with E-state index >= 15 is 0 Å². The van der Waals surface area contributed by atoms with E-state index < -0.39 is 0 Å². The fraction of sp³-hybridized carbons (Fsp3) is 0.351. The molecular weight excluding hydrogens is 953 g/mol. The van der Waals surface area contributed by atoms with E-state index in [0.717, 1.165) is 48.1 Å². The summed E-state index contributed by atoms with van der Waals surface area (Å²) < 4.78 is 0. The van der Waals surface area contributed by atoms with Gasteiger partial charge in [0.05, 0.1) is 0 Å². The summed E-state index contributed by atoms with van der Waals surface area (Å²) in [4.78, 5) is 0. The van der Waals surface area contributed by atoms with Crippen LogP contribution in [0.3, 0.4) is 0 Å². The van der Waals surface area contributed by atoms with Crippen LogP contribution in [0.2, 0.25) is 0 Å². The van der Waals surface area contributed by atoms with Crippen LogP contribution in [0.1, 0.15) is 166 Å². The van der Waals surface area contributed by atoms with Crippen molar-refractivity contribution in [2.24, 2.45) is 17.3 Å². The second-order valence-corrected chi connectivity index (χ2v) is 19.0. The topological polar surface area (TPSA) is 24.1 Å². The molecule has 1 unspecified atom stereocenters. The van der Waals surface area contributed by atoms with Gasteiger partial charge in [0, 0.05) is 35.5 Å². The molecule has 5 aliphatic carbocycles. The quantitative estimate of drug-likeness (QED) is 0.130. The average Bonchev–Trinajstić information content (AvgIpc) is 4.07. The molecule has 4 aromatic carbocycles. The molecule has 0 heterocycles. The highest BCUT2D eigenvalue weighted by Crippen LogP contribution is 2.50. The van der Waals surface area contributed by atoms with E-state index in [-0.39, 0.29) is 18.8 Å². The Morgan fingerprint density at radius 1 is 0.684 bits per heavy atom. The zero-order chi connectivity index (χ0) is 57.6. The predicted octanol–water partition coefficient (Wildman–Crippen LogP) is 23.5. The van der Waals surface area contributed by atoms with Gasteiger partial charge in [0.25, 0.3) is 0 Å². The highest BCUT2D eigenvalue weighted by atomic mass is 14.9. The molecule has 2 N–H and O–H groups in total. The standard InChI is InChI=1S/C43H37N.C12H19N.C7H14.C6H8.4C2H6.CH4/c1-30-17-16-28-43(30,3)31(2)44-36-27-26-35(29-36)40-38-25-15-14-24-37(38)39(32-18-10-6-11-19-32)41(33-20-8-4-5-9-21-33)42(40)34-22-12-7-13-23-34;1-3-4-5-7-11-8-6-9-12(10-11)13-2;1-4-5-6-7(2)3;1-2-4-6-5-3-1;4*1-2;/h4,6-27,29,35,44H,1-2,5,28H2,3H3;3-4,6,8-9,11,13H,5,7,10H2,1-2H3;5-7H,4H2,1-3H3;1-4H,5-6H2;4*1-2H3;1H4/b;4-3-;6-5-;;;;;;/t35?,43-;11-;;;;;;;/m01......./s1.